The molecule has 2 heterocycles. The summed E-state index contributed by atoms with van der Waals surface area (Å²) < 4.78 is 36.0. The fraction of sp³-hybridized carbons (Fsp3) is 0.522. The van der Waals surface area contributed by atoms with Crippen LogP contribution >= 0.6 is 0 Å². The molecule has 0 aliphatic rings. The number of hydrogen-bond acceptors (Lipinski definition) is 6. The maximum Gasteiger partial charge on any atom is 0.279 e. The van der Waals surface area contributed by atoms with E-state index in [1.807, 2.05) is 13.8 Å². The predicted molar refractivity (Wildman–Crippen MR) is 129 cm³/mol. The molecule has 2 N–H and O–H groups in total. The van der Waals surface area contributed by atoms with E-state index in [9.17, 15) is 13.2 Å². The second kappa shape index (κ2) is 10.9. The SMILES string of the molecule is CCCCCCNS(=O)(=O)c1ccc(OCCC)c(-c2nc3c(C)n[nH]c3c(=O)n2CC)c1. The Hall–Kier alpha value is -2.72. The van der Waals surface area contributed by atoms with Crippen molar-refractivity contribution < 1.29 is 13.2 Å². The Bertz CT molecular complexity index is 1260. The molecule has 9 nitrogen and oxygen atoms in total. The van der Waals surface area contributed by atoms with Crippen LogP contribution in [0.4, 0.5) is 0 Å². The lowest BCUT2D eigenvalue weighted by Crippen LogP contribution is -2.25. The van der Waals surface area contributed by atoms with Gasteiger partial charge in [-0.2, -0.15) is 5.10 Å². The summed E-state index contributed by atoms with van der Waals surface area (Å²) in [6, 6.07) is 4.70. The van der Waals surface area contributed by atoms with Gasteiger partial charge < -0.3 is 4.74 Å². The molecule has 0 unspecified atom stereocenters. The van der Waals surface area contributed by atoms with Gasteiger partial charge in [0.05, 0.1) is 22.8 Å². The van der Waals surface area contributed by atoms with Gasteiger partial charge >= 0.3 is 0 Å². The van der Waals surface area contributed by atoms with Gasteiger partial charge in [0, 0.05) is 13.1 Å². The van der Waals surface area contributed by atoms with Crippen LogP contribution < -0.4 is 15.0 Å². The number of aryl methyl sites for hydroxylation is 1. The van der Waals surface area contributed by atoms with E-state index in [4.69, 9.17) is 9.72 Å². The Morgan fingerprint density at radius 3 is 2.61 bits per heavy atom. The summed E-state index contributed by atoms with van der Waals surface area (Å²) in [7, 11) is -3.72. The molecule has 0 atom stereocenters. The number of nitrogens with one attached hydrogen (secondary N) is 2. The van der Waals surface area contributed by atoms with Crippen LogP contribution in [0.15, 0.2) is 27.9 Å². The van der Waals surface area contributed by atoms with E-state index in [0.29, 0.717) is 53.6 Å². The minimum Gasteiger partial charge on any atom is -0.493 e. The second-order valence-electron chi connectivity index (χ2n) is 7.98. The molecule has 0 aliphatic carbocycles. The van der Waals surface area contributed by atoms with Crippen molar-refractivity contribution in [1.29, 1.82) is 0 Å². The van der Waals surface area contributed by atoms with Crippen molar-refractivity contribution in [3.8, 4) is 17.1 Å². The first kappa shape index (κ1) is 24.9. The van der Waals surface area contributed by atoms with Gasteiger partial charge in [-0.1, -0.05) is 33.1 Å². The number of rotatable bonds is 12. The van der Waals surface area contributed by atoms with Crippen molar-refractivity contribution >= 4 is 21.1 Å². The lowest BCUT2D eigenvalue weighted by Gasteiger charge is -2.16. The lowest BCUT2D eigenvalue weighted by molar-refractivity contribution is 0.318. The fourth-order valence-corrected chi connectivity index (χ4v) is 4.74. The van der Waals surface area contributed by atoms with Gasteiger partial charge in [-0.05, 0) is 44.9 Å². The van der Waals surface area contributed by atoms with Crippen LogP contribution in [0.2, 0.25) is 0 Å². The highest BCUT2D eigenvalue weighted by Crippen LogP contribution is 2.32. The first-order valence-corrected chi connectivity index (χ1v) is 13.0. The minimum absolute atomic E-state index is 0.109. The van der Waals surface area contributed by atoms with Crippen LogP contribution in [0.3, 0.4) is 0 Å². The van der Waals surface area contributed by atoms with E-state index in [0.717, 1.165) is 32.1 Å². The van der Waals surface area contributed by atoms with Gasteiger partial charge in [-0.25, -0.2) is 18.1 Å². The highest BCUT2D eigenvalue weighted by molar-refractivity contribution is 7.89. The molecule has 180 valence electrons. The minimum atomic E-state index is -3.72. The molecule has 0 aliphatic heterocycles. The number of ether oxygens (including phenoxy) is 1. The summed E-state index contributed by atoms with van der Waals surface area (Å²) in [6.07, 6.45) is 4.70. The molecule has 0 saturated carbocycles. The molecule has 0 fully saturated rings. The number of aromatic nitrogens is 4. The molecule has 2 aromatic heterocycles. The van der Waals surface area contributed by atoms with Crippen molar-refractivity contribution in [1.82, 2.24) is 24.5 Å². The Morgan fingerprint density at radius 1 is 1.12 bits per heavy atom. The molecule has 0 saturated heterocycles. The molecule has 0 spiro atoms. The topological polar surface area (TPSA) is 119 Å². The van der Waals surface area contributed by atoms with Crippen LogP contribution in [-0.2, 0) is 16.6 Å². The van der Waals surface area contributed by atoms with Gasteiger partial charge in [0.2, 0.25) is 10.0 Å². The molecular weight excluding hydrogens is 442 g/mol. The first-order chi connectivity index (χ1) is 15.8. The average Bonchev–Trinajstić information content (AvgIpc) is 3.18. The van der Waals surface area contributed by atoms with E-state index < -0.39 is 10.0 Å². The Balaban J connectivity index is 2.10. The average molecular weight is 476 g/mol. The predicted octanol–water partition coefficient (Wildman–Crippen LogP) is 3.76. The van der Waals surface area contributed by atoms with E-state index in [2.05, 4.69) is 21.8 Å². The number of H-pyrrole nitrogens is 1. The third-order valence-electron chi connectivity index (χ3n) is 5.45. The van der Waals surface area contributed by atoms with Crippen LogP contribution in [-0.4, -0.2) is 41.3 Å². The third-order valence-corrected chi connectivity index (χ3v) is 6.91. The molecule has 0 radical (unpaired) electrons. The van der Waals surface area contributed by atoms with E-state index in [1.54, 1.807) is 13.0 Å². The van der Waals surface area contributed by atoms with Crippen molar-refractivity contribution in [3.63, 3.8) is 0 Å². The maximum atomic E-state index is 13.1. The number of fused-ring (bicyclic) bond motifs is 1. The molecular formula is C23H33N5O4S. The summed E-state index contributed by atoms with van der Waals surface area (Å²) in [6.45, 7) is 8.90. The van der Waals surface area contributed by atoms with Gasteiger partial charge in [0.25, 0.3) is 5.56 Å². The standard InChI is InChI=1S/C23H33N5O4S/c1-5-8-9-10-13-24-33(30,31)17-11-12-19(32-14-6-2)18(15-17)22-25-20-16(4)26-27-21(20)23(29)28(22)7-3/h11-12,15,24H,5-10,13-14H2,1-4H3,(H,26,27). The molecule has 33 heavy (non-hydrogen) atoms. The van der Waals surface area contributed by atoms with Gasteiger partial charge in [-0.3, -0.25) is 14.5 Å². The molecule has 3 aromatic rings. The zero-order valence-corrected chi connectivity index (χ0v) is 20.6. The van der Waals surface area contributed by atoms with Crippen LogP contribution in [0.25, 0.3) is 22.4 Å². The van der Waals surface area contributed by atoms with E-state index in [-0.39, 0.29) is 10.5 Å². The molecule has 1 aromatic carbocycles. The molecule has 0 amide bonds. The molecule has 10 heteroatoms. The smallest absolute Gasteiger partial charge is 0.279 e. The van der Waals surface area contributed by atoms with E-state index in [1.165, 1.54) is 16.7 Å². The van der Waals surface area contributed by atoms with Crippen LogP contribution in [0.1, 0.15) is 58.6 Å². The van der Waals surface area contributed by atoms with Crippen LogP contribution in [0, 0.1) is 6.92 Å². The Morgan fingerprint density at radius 2 is 1.91 bits per heavy atom. The number of nitrogens with zero attached hydrogens (tertiary/aromatic N) is 3. The summed E-state index contributed by atoms with van der Waals surface area (Å²) >= 11 is 0. The zero-order chi connectivity index (χ0) is 24.0. The van der Waals surface area contributed by atoms with Crippen LogP contribution in [0.5, 0.6) is 5.75 Å². The maximum absolute atomic E-state index is 13.1. The number of sulfonamides is 1. The molecule has 3 rings (SSSR count). The van der Waals surface area contributed by atoms with Crippen molar-refractivity contribution in [2.75, 3.05) is 13.2 Å². The van der Waals surface area contributed by atoms with Crippen molar-refractivity contribution in [2.24, 2.45) is 0 Å². The number of unbranched alkanes of at least 4 members (excludes halogenated alkanes) is 3. The highest BCUT2D eigenvalue weighted by Gasteiger charge is 2.22. The van der Waals surface area contributed by atoms with Gasteiger partial charge in [-0.15, -0.1) is 0 Å². The Kier molecular flexibility index (Phi) is 8.25. The number of aromatic amines is 1. The lowest BCUT2D eigenvalue weighted by atomic mass is 10.1. The highest BCUT2D eigenvalue weighted by atomic mass is 32.2. The largest absolute Gasteiger partial charge is 0.493 e. The summed E-state index contributed by atoms with van der Waals surface area (Å²) in [5, 5.41) is 6.86. The molecule has 0 bridgehead atoms. The second-order valence-corrected chi connectivity index (χ2v) is 9.75. The monoisotopic (exact) mass is 475 g/mol. The Labute approximate surface area is 194 Å². The van der Waals surface area contributed by atoms with Gasteiger partial charge in [0.1, 0.15) is 22.6 Å². The van der Waals surface area contributed by atoms with Crippen molar-refractivity contribution in [2.45, 2.75) is 71.2 Å². The number of hydrogen-bond donors (Lipinski definition) is 2. The van der Waals surface area contributed by atoms with Crippen molar-refractivity contribution in [3.05, 3.63) is 34.2 Å². The zero-order valence-electron chi connectivity index (χ0n) is 19.8. The fourth-order valence-electron chi connectivity index (χ4n) is 3.64. The third kappa shape index (κ3) is 5.44. The summed E-state index contributed by atoms with van der Waals surface area (Å²) in [5.41, 5.74) is 1.58. The quantitative estimate of drug-likeness (QED) is 0.385. The van der Waals surface area contributed by atoms with Gasteiger partial charge in [0.15, 0.2) is 0 Å². The van der Waals surface area contributed by atoms with E-state index >= 15 is 0 Å². The normalized spacial score (nSPS) is 11.9. The first-order valence-electron chi connectivity index (χ1n) is 11.6. The number of benzene rings is 1. The summed E-state index contributed by atoms with van der Waals surface area (Å²) in [4.78, 5) is 17.9. The summed E-state index contributed by atoms with van der Waals surface area (Å²) in [5.74, 6) is 0.832.